The lowest BCUT2D eigenvalue weighted by molar-refractivity contribution is 0.596. The molecule has 3 N–H and O–H groups in total. The summed E-state index contributed by atoms with van der Waals surface area (Å²) >= 11 is 0. The molecule has 0 aromatic carbocycles. The van der Waals surface area contributed by atoms with Crippen LogP contribution in [0.25, 0.3) is 16.2 Å². The van der Waals surface area contributed by atoms with Crippen LogP contribution in [0.15, 0.2) is 48.1 Å². The molecule has 0 heterocycles. The summed E-state index contributed by atoms with van der Waals surface area (Å²) in [4.78, 5) is 23.1. The van der Waals surface area contributed by atoms with Gasteiger partial charge in [0.15, 0.2) is 15.8 Å². The van der Waals surface area contributed by atoms with E-state index in [9.17, 15) is 18.0 Å². The van der Waals surface area contributed by atoms with Crippen LogP contribution in [0.1, 0.15) is 0 Å². The van der Waals surface area contributed by atoms with Gasteiger partial charge < -0.3 is 0 Å². The maximum atomic E-state index is 12.0. The Bertz CT molecular complexity index is 1120. The Labute approximate surface area is 121 Å². The topological polar surface area (TPSA) is 183 Å². The lowest BCUT2D eigenvalue weighted by Crippen LogP contribution is -2.45. The fourth-order valence-electron chi connectivity index (χ4n) is 1.97. The van der Waals surface area contributed by atoms with E-state index in [1.807, 2.05) is 0 Å². The van der Waals surface area contributed by atoms with Gasteiger partial charge in [0.2, 0.25) is 15.5 Å². The predicted molar refractivity (Wildman–Crippen MR) is 70.7 cm³/mol. The Morgan fingerprint density at radius 2 is 1.91 bits per heavy atom. The zero-order valence-corrected chi connectivity index (χ0v) is 11.4. The van der Waals surface area contributed by atoms with Gasteiger partial charge in [-0.3, -0.25) is 9.59 Å². The van der Waals surface area contributed by atoms with Gasteiger partial charge >= 0.3 is 5.08 Å². The second kappa shape index (κ2) is 5.31. The number of nitrogens with one attached hydrogen (secondary N) is 1. The number of sulfonamides is 1. The Morgan fingerprint density at radius 3 is 2.45 bits per heavy atom. The molecule has 11 nitrogen and oxygen atoms in total. The summed E-state index contributed by atoms with van der Waals surface area (Å²) in [6.45, 7) is 0. The number of diazo groups is 1. The second-order valence-corrected chi connectivity index (χ2v) is 5.47. The highest BCUT2D eigenvalue weighted by molar-refractivity contribution is 7.89. The van der Waals surface area contributed by atoms with Crippen LogP contribution in [-0.4, -0.2) is 8.42 Å². The van der Waals surface area contributed by atoms with Gasteiger partial charge in [-0.05, 0) is 6.07 Å². The Hall–Kier alpha value is -3.17. The number of primary sulfonamides is 1. The molecule has 0 aromatic rings. The van der Waals surface area contributed by atoms with Crippen LogP contribution in [0, 0.1) is 10.9 Å². The molecule has 2 rings (SSSR count). The van der Waals surface area contributed by atoms with E-state index >= 15 is 0 Å². The third-order valence-corrected chi connectivity index (χ3v) is 3.70. The van der Waals surface area contributed by atoms with E-state index in [2.05, 4.69) is 20.5 Å². The van der Waals surface area contributed by atoms with Crippen molar-refractivity contribution in [3.8, 4) is 11.1 Å². The van der Waals surface area contributed by atoms with E-state index in [4.69, 9.17) is 16.1 Å². The van der Waals surface area contributed by atoms with Crippen molar-refractivity contribution in [3.05, 3.63) is 54.4 Å². The molecule has 0 saturated carbocycles. The van der Waals surface area contributed by atoms with Gasteiger partial charge in [0, 0.05) is 11.1 Å². The molecule has 0 atom stereocenters. The average molecular weight is 320 g/mol. The fraction of sp³-hybridized carbons (Fsp3) is 0. The summed E-state index contributed by atoms with van der Waals surface area (Å²) in [7, 11) is -4.52. The minimum atomic E-state index is -4.52. The van der Waals surface area contributed by atoms with Gasteiger partial charge in [-0.15, -0.1) is 5.10 Å². The third-order valence-electron chi connectivity index (χ3n) is 2.74. The SMILES string of the molecule is N#[N+]N=c1cccc2c(=O)c(=O)c(=NN=N)c(S(N)(=O)=O)c1-2. The van der Waals surface area contributed by atoms with Crippen LogP contribution in [0.2, 0.25) is 0 Å². The maximum Gasteiger partial charge on any atom is 0.339 e. The summed E-state index contributed by atoms with van der Waals surface area (Å²) in [6, 6.07) is 3.74. The van der Waals surface area contributed by atoms with Crippen LogP contribution < -0.4 is 26.7 Å². The molecule has 0 aromatic heterocycles. The first kappa shape index (κ1) is 15.2. The largest absolute Gasteiger partial charge is 0.339 e. The Kier molecular flexibility index (Phi) is 3.68. The number of hydrogen-bond donors (Lipinski definition) is 2. The lowest BCUT2D eigenvalue weighted by Gasteiger charge is -2.07. The summed E-state index contributed by atoms with van der Waals surface area (Å²) in [5, 5.41) is 23.9. The van der Waals surface area contributed by atoms with E-state index < -0.39 is 31.1 Å². The molecule has 0 radical (unpaired) electrons. The number of hydrogen-bond acceptors (Lipinski definition) is 8. The van der Waals surface area contributed by atoms with Crippen molar-refractivity contribution < 1.29 is 8.42 Å². The maximum absolute atomic E-state index is 12.0. The highest BCUT2D eigenvalue weighted by Gasteiger charge is 2.27. The molecular weight excluding hydrogens is 314 g/mol. The number of benzene rings is 2. The molecule has 0 aliphatic heterocycles. The van der Waals surface area contributed by atoms with E-state index in [0.717, 1.165) is 0 Å². The summed E-state index contributed by atoms with van der Waals surface area (Å²) < 4.78 is 23.6. The Balaban J connectivity index is 3.43. The van der Waals surface area contributed by atoms with Gasteiger partial charge in [0.05, 0.1) is 0 Å². The third kappa shape index (κ3) is 2.30. The first-order valence-electron chi connectivity index (χ1n) is 5.45. The van der Waals surface area contributed by atoms with Crippen LogP contribution in [0.4, 0.5) is 0 Å². The van der Waals surface area contributed by atoms with Crippen molar-refractivity contribution in [3.63, 3.8) is 0 Å². The van der Waals surface area contributed by atoms with Gasteiger partial charge in [-0.1, -0.05) is 17.4 Å². The molecule has 2 aliphatic rings. The molecular formula is C10H6N7O4S+. The number of nitrogens with zero attached hydrogens (tertiary/aromatic N) is 5. The van der Waals surface area contributed by atoms with E-state index in [0.29, 0.717) is 0 Å². The number of fused-ring (bicyclic) bond motifs is 1. The molecule has 12 heteroatoms. The van der Waals surface area contributed by atoms with Gasteiger partial charge in [0.25, 0.3) is 10.8 Å². The molecule has 22 heavy (non-hydrogen) atoms. The van der Waals surface area contributed by atoms with Gasteiger partial charge in [-0.2, -0.15) is 5.53 Å². The van der Waals surface area contributed by atoms with Crippen molar-refractivity contribution in [2.45, 2.75) is 4.90 Å². The standard InChI is InChI=1S/C10H6N7O4S/c11-16-14-5-3-1-2-4-6(5)10(22(13,20)21)7(15-17-12)9(19)8(4)18/h1-3,12H,(H2,13,20,21)/q+1. The average Bonchev–Trinajstić information content (AvgIpc) is 2.44. The molecule has 0 unspecified atom stereocenters. The first-order valence-corrected chi connectivity index (χ1v) is 6.99. The quantitative estimate of drug-likeness (QED) is 0.296. The van der Waals surface area contributed by atoms with Crippen LogP contribution in [-0.2, 0) is 10.0 Å². The smallest absolute Gasteiger partial charge is 0.285 e. The number of nitrogens with two attached hydrogens (primary N) is 1. The van der Waals surface area contributed by atoms with Crippen molar-refractivity contribution in [1.82, 2.24) is 0 Å². The van der Waals surface area contributed by atoms with Gasteiger partial charge in [0.1, 0.15) is 4.90 Å². The second-order valence-electron chi connectivity index (χ2n) is 3.97. The summed E-state index contributed by atoms with van der Waals surface area (Å²) in [5.41, 5.74) is 3.68. The van der Waals surface area contributed by atoms with Crippen molar-refractivity contribution >= 4 is 10.0 Å². The highest BCUT2D eigenvalue weighted by Crippen LogP contribution is 2.17. The molecule has 2 aliphatic carbocycles. The summed E-state index contributed by atoms with van der Waals surface area (Å²) in [5.74, 6) is 0. The van der Waals surface area contributed by atoms with E-state index in [-0.39, 0.29) is 16.5 Å². The lowest BCUT2D eigenvalue weighted by atomic mass is 10.0. The highest BCUT2D eigenvalue weighted by atomic mass is 32.2. The minimum absolute atomic E-state index is 0.220. The molecule has 0 saturated heterocycles. The monoisotopic (exact) mass is 320 g/mol. The minimum Gasteiger partial charge on any atom is -0.285 e. The number of rotatable bonds is 2. The molecule has 0 bridgehead atoms. The zero-order chi connectivity index (χ0) is 16.5. The predicted octanol–water partition coefficient (Wildman–Crippen LogP) is -1.45. The van der Waals surface area contributed by atoms with Crippen molar-refractivity contribution in [2.75, 3.05) is 0 Å². The van der Waals surface area contributed by atoms with Crippen LogP contribution in [0.3, 0.4) is 0 Å². The molecule has 0 spiro atoms. The van der Waals surface area contributed by atoms with Crippen LogP contribution in [0.5, 0.6) is 0 Å². The summed E-state index contributed by atoms with van der Waals surface area (Å²) in [6.07, 6.45) is 0. The molecule has 0 amide bonds. The Morgan fingerprint density at radius 1 is 1.23 bits per heavy atom. The van der Waals surface area contributed by atoms with Gasteiger partial charge in [-0.25, -0.2) is 13.6 Å². The van der Waals surface area contributed by atoms with Crippen LogP contribution >= 0.6 is 0 Å². The van der Waals surface area contributed by atoms with E-state index in [1.165, 1.54) is 18.2 Å². The molecule has 0 fully saturated rings. The van der Waals surface area contributed by atoms with Crippen molar-refractivity contribution in [2.24, 2.45) is 20.6 Å². The van der Waals surface area contributed by atoms with Crippen molar-refractivity contribution in [1.29, 1.82) is 10.9 Å². The molecule has 110 valence electrons. The fourth-order valence-corrected chi connectivity index (χ4v) is 2.87. The first-order chi connectivity index (χ1) is 10.3. The zero-order valence-electron chi connectivity index (χ0n) is 10.6. The normalized spacial score (nSPS) is 13.3. The van der Waals surface area contributed by atoms with E-state index in [1.54, 1.807) is 0 Å².